The largest absolute Gasteiger partial charge is 0.479 e. The number of nitrogens with one attached hydrogen (secondary N) is 1. The first-order valence-electron chi connectivity index (χ1n) is 7.99. The summed E-state index contributed by atoms with van der Waals surface area (Å²) in [6.07, 6.45) is 0. The average Bonchev–Trinajstić information content (AvgIpc) is 3.17. The molecule has 1 aromatic heterocycles. The van der Waals surface area contributed by atoms with Crippen LogP contribution in [0.25, 0.3) is 0 Å². The van der Waals surface area contributed by atoms with E-state index in [2.05, 4.69) is 10.1 Å². The van der Waals surface area contributed by atoms with Crippen LogP contribution in [0.15, 0.2) is 34.7 Å². The molecule has 0 fully saturated rings. The Morgan fingerprint density at radius 2 is 1.62 bits per heavy atom. The molecule has 1 heterocycles. The molecule has 0 saturated carbocycles. The molecular formula is C19H11ClF5NO3. The smallest absolute Gasteiger partial charge is 0.291 e. The molecule has 3 aromatic rings. The van der Waals surface area contributed by atoms with Crippen LogP contribution in [0, 0.1) is 36.0 Å². The Labute approximate surface area is 165 Å². The molecule has 1 N–H and O–H groups in total. The summed E-state index contributed by atoms with van der Waals surface area (Å²) in [7, 11) is 0. The van der Waals surface area contributed by atoms with E-state index in [-0.39, 0.29) is 11.5 Å². The van der Waals surface area contributed by atoms with Crippen LogP contribution in [-0.4, -0.2) is 5.91 Å². The normalized spacial score (nSPS) is 10.9. The van der Waals surface area contributed by atoms with E-state index in [1.54, 1.807) is 19.1 Å². The third-order valence-corrected chi connectivity index (χ3v) is 4.10. The lowest BCUT2D eigenvalue weighted by atomic mass is 10.2. The van der Waals surface area contributed by atoms with Crippen molar-refractivity contribution in [1.29, 1.82) is 0 Å². The fourth-order valence-electron chi connectivity index (χ4n) is 2.35. The van der Waals surface area contributed by atoms with Gasteiger partial charge in [0.25, 0.3) is 5.91 Å². The summed E-state index contributed by atoms with van der Waals surface area (Å²) in [5, 5.41) is 2.98. The van der Waals surface area contributed by atoms with Crippen LogP contribution in [0.4, 0.5) is 27.6 Å². The lowest BCUT2D eigenvalue weighted by molar-refractivity contribution is 0.0992. The van der Waals surface area contributed by atoms with Gasteiger partial charge >= 0.3 is 0 Å². The van der Waals surface area contributed by atoms with Gasteiger partial charge in [-0.1, -0.05) is 17.7 Å². The Hall–Kier alpha value is -3.07. The third-order valence-electron chi connectivity index (χ3n) is 3.86. The monoisotopic (exact) mass is 431 g/mol. The highest BCUT2D eigenvalue weighted by Gasteiger charge is 2.27. The minimum atomic E-state index is -2.29. The Morgan fingerprint density at radius 1 is 1.00 bits per heavy atom. The maximum atomic E-state index is 13.6. The van der Waals surface area contributed by atoms with Gasteiger partial charge in [-0.2, -0.15) is 8.78 Å². The Kier molecular flexibility index (Phi) is 5.78. The summed E-state index contributed by atoms with van der Waals surface area (Å²) in [5.41, 5.74) is 1.18. The molecule has 0 radical (unpaired) electrons. The number of furan rings is 1. The van der Waals surface area contributed by atoms with Crippen LogP contribution in [-0.2, 0) is 6.61 Å². The van der Waals surface area contributed by atoms with Crippen LogP contribution in [0.1, 0.15) is 21.9 Å². The lowest BCUT2D eigenvalue weighted by Gasteiger charge is -2.09. The minimum absolute atomic E-state index is 0.0816. The lowest BCUT2D eigenvalue weighted by Crippen LogP contribution is -2.12. The number of ether oxygens (including phenoxy) is 1. The van der Waals surface area contributed by atoms with Gasteiger partial charge < -0.3 is 14.5 Å². The number of rotatable bonds is 5. The second kappa shape index (κ2) is 8.12. The number of amides is 1. The van der Waals surface area contributed by atoms with Gasteiger partial charge in [0.05, 0.1) is 0 Å². The van der Waals surface area contributed by atoms with Crippen molar-refractivity contribution < 1.29 is 35.9 Å². The molecule has 0 spiro atoms. The molecule has 0 aliphatic heterocycles. The van der Waals surface area contributed by atoms with E-state index in [9.17, 15) is 26.7 Å². The molecule has 152 valence electrons. The maximum Gasteiger partial charge on any atom is 0.291 e. The zero-order valence-electron chi connectivity index (χ0n) is 14.6. The topological polar surface area (TPSA) is 51.5 Å². The van der Waals surface area contributed by atoms with Crippen LogP contribution in [0.2, 0.25) is 5.02 Å². The van der Waals surface area contributed by atoms with Gasteiger partial charge in [-0.25, -0.2) is 13.2 Å². The molecule has 10 heteroatoms. The summed E-state index contributed by atoms with van der Waals surface area (Å²) >= 11 is 5.88. The number of carbonyl (C=O) groups excluding carboxylic acids is 1. The van der Waals surface area contributed by atoms with Crippen LogP contribution >= 0.6 is 11.6 Å². The molecule has 0 bridgehead atoms. The first-order chi connectivity index (χ1) is 13.7. The van der Waals surface area contributed by atoms with E-state index in [1.807, 2.05) is 0 Å². The Balaban J connectivity index is 1.73. The van der Waals surface area contributed by atoms with Gasteiger partial charge in [0.2, 0.25) is 29.1 Å². The highest BCUT2D eigenvalue weighted by molar-refractivity contribution is 6.31. The van der Waals surface area contributed by atoms with Crippen molar-refractivity contribution in [3.05, 3.63) is 81.5 Å². The van der Waals surface area contributed by atoms with E-state index >= 15 is 0 Å². The molecule has 29 heavy (non-hydrogen) atoms. The average molecular weight is 432 g/mol. The number of aryl methyl sites for hydroxylation is 1. The van der Waals surface area contributed by atoms with Gasteiger partial charge in [0, 0.05) is 10.7 Å². The predicted molar refractivity (Wildman–Crippen MR) is 93.4 cm³/mol. The first-order valence-corrected chi connectivity index (χ1v) is 8.37. The molecule has 0 saturated heterocycles. The molecular weight excluding hydrogens is 421 g/mol. The third kappa shape index (κ3) is 4.19. The van der Waals surface area contributed by atoms with E-state index in [1.165, 1.54) is 18.2 Å². The van der Waals surface area contributed by atoms with Crippen molar-refractivity contribution in [3.8, 4) is 5.75 Å². The van der Waals surface area contributed by atoms with Crippen LogP contribution < -0.4 is 10.1 Å². The molecule has 2 aromatic carbocycles. The second-order valence-corrected chi connectivity index (χ2v) is 6.30. The van der Waals surface area contributed by atoms with Crippen molar-refractivity contribution >= 4 is 23.2 Å². The Bertz CT molecular complexity index is 1070. The Morgan fingerprint density at radius 3 is 2.28 bits per heavy atom. The van der Waals surface area contributed by atoms with Crippen LogP contribution in [0.3, 0.4) is 0 Å². The molecule has 3 rings (SSSR count). The molecule has 0 atom stereocenters. The highest BCUT2D eigenvalue weighted by Crippen LogP contribution is 2.30. The standard InChI is InChI=1S/C19H11ClF5NO3/c1-8-2-3-9(20)6-11(8)26-19(27)12-5-4-10(29-12)7-28-18-16(24)14(22)13(21)15(23)17(18)25/h2-6H,7H2,1H3,(H,26,27). The number of halogens is 6. The second-order valence-electron chi connectivity index (χ2n) is 5.87. The van der Waals surface area contributed by atoms with E-state index in [4.69, 9.17) is 16.0 Å². The molecule has 0 aliphatic carbocycles. The van der Waals surface area contributed by atoms with Gasteiger partial charge in [0.1, 0.15) is 12.4 Å². The zero-order chi connectivity index (χ0) is 21.3. The SMILES string of the molecule is Cc1ccc(Cl)cc1NC(=O)c1ccc(COc2c(F)c(F)c(F)c(F)c2F)o1. The first kappa shape index (κ1) is 20.7. The number of hydrogen-bond acceptors (Lipinski definition) is 3. The molecule has 1 amide bonds. The van der Waals surface area contributed by atoms with Crippen molar-refractivity contribution in [2.24, 2.45) is 0 Å². The molecule has 0 aliphatic rings. The van der Waals surface area contributed by atoms with Crippen molar-refractivity contribution in [2.45, 2.75) is 13.5 Å². The summed E-state index contributed by atoms with van der Waals surface area (Å²) < 4.78 is 76.5. The quantitative estimate of drug-likeness (QED) is 0.317. The molecule has 4 nitrogen and oxygen atoms in total. The summed E-state index contributed by atoms with van der Waals surface area (Å²) in [6.45, 7) is 1.07. The van der Waals surface area contributed by atoms with Gasteiger partial charge in [0.15, 0.2) is 11.5 Å². The molecule has 0 unspecified atom stereocenters. The van der Waals surface area contributed by atoms with Gasteiger partial charge in [-0.15, -0.1) is 0 Å². The fraction of sp³-hybridized carbons (Fsp3) is 0.105. The van der Waals surface area contributed by atoms with Gasteiger partial charge in [-0.3, -0.25) is 4.79 Å². The van der Waals surface area contributed by atoms with E-state index in [0.29, 0.717) is 10.7 Å². The highest BCUT2D eigenvalue weighted by atomic mass is 35.5. The summed E-state index contributed by atoms with van der Waals surface area (Å²) in [6, 6.07) is 7.39. The van der Waals surface area contributed by atoms with Crippen molar-refractivity contribution in [2.75, 3.05) is 5.32 Å². The van der Waals surface area contributed by atoms with E-state index in [0.717, 1.165) is 5.56 Å². The number of anilines is 1. The van der Waals surface area contributed by atoms with Crippen molar-refractivity contribution in [1.82, 2.24) is 0 Å². The van der Waals surface area contributed by atoms with Crippen molar-refractivity contribution in [3.63, 3.8) is 0 Å². The number of benzene rings is 2. The summed E-state index contributed by atoms with van der Waals surface area (Å²) in [4.78, 5) is 12.3. The van der Waals surface area contributed by atoms with Gasteiger partial charge in [-0.05, 0) is 36.8 Å². The minimum Gasteiger partial charge on any atom is -0.479 e. The predicted octanol–water partition coefficient (Wildman–Crippen LogP) is 5.77. The van der Waals surface area contributed by atoms with E-state index < -0.39 is 47.3 Å². The number of carbonyl (C=O) groups is 1. The number of hydrogen-bond donors (Lipinski definition) is 1. The van der Waals surface area contributed by atoms with Crippen LogP contribution in [0.5, 0.6) is 5.75 Å². The maximum absolute atomic E-state index is 13.6. The summed E-state index contributed by atoms with van der Waals surface area (Å²) in [5.74, 6) is -13.1. The zero-order valence-corrected chi connectivity index (χ0v) is 15.3. The fourth-order valence-corrected chi connectivity index (χ4v) is 2.52.